The third kappa shape index (κ3) is 67.6. The molecule has 0 rings (SSSR count). The Bertz CT molecular complexity index is 1500. The van der Waals surface area contributed by atoms with Crippen LogP contribution in [0, 0.1) is 0 Å². The van der Waals surface area contributed by atoms with Gasteiger partial charge in [0, 0.05) is 19.3 Å². The van der Waals surface area contributed by atoms with Crippen LogP contribution in [0.2, 0.25) is 0 Å². The molecule has 6 nitrogen and oxygen atoms in total. The van der Waals surface area contributed by atoms with Crippen LogP contribution in [0.15, 0.2) is 72.9 Å². The van der Waals surface area contributed by atoms with Crippen molar-refractivity contribution in [2.45, 2.75) is 380 Å². The van der Waals surface area contributed by atoms with Crippen molar-refractivity contribution < 1.29 is 28.6 Å². The van der Waals surface area contributed by atoms with Crippen LogP contribution >= 0.6 is 0 Å². The van der Waals surface area contributed by atoms with Gasteiger partial charge in [-0.2, -0.15) is 0 Å². The van der Waals surface area contributed by atoms with E-state index in [1.165, 1.54) is 244 Å². The van der Waals surface area contributed by atoms with E-state index in [0.29, 0.717) is 19.3 Å². The highest BCUT2D eigenvalue weighted by atomic mass is 16.6. The van der Waals surface area contributed by atoms with E-state index < -0.39 is 6.10 Å². The van der Waals surface area contributed by atoms with Crippen LogP contribution < -0.4 is 0 Å². The van der Waals surface area contributed by atoms with E-state index in [0.717, 1.165) is 89.9 Å². The molecule has 0 aromatic carbocycles. The largest absolute Gasteiger partial charge is 0.462 e. The molecule has 0 heterocycles. The maximum Gasteiger partial charge on any atom is 0.306 e. The van der Waals surface area contributed by atoms with Crippen molar-refractivity contribution in [2.75, 3.05) is 13.2 Å². The fourth-order valence-electron chi connectivity index (χ4n) is 10.6. The summed E-state index contributed by atoms with van der Waals surface area (Å²) in [6.07, 6.45) is 92.4. The van der Waals surface area contributed by atoms with E-state index in [9.17, 15) is 14.4 Å². The van der Waals surface area contributed by atoms with Gasteiger partial charge in [-0.25, -0.2) is 0 Å². The van der Waals surface area contributed by atoms with Crippen LogP contribution in [0.4, 0.5) is 0 Å². The molecule has 0 radical (unpaired) electrons. The fraction of sp³-hybridized carbons (Fsp3) is 0.803. The Morgan fingerprint density at radius 1 is 0.256 bits per heavy atom. The van der Waals surface area contributed by atoms with Gasteiger partial charge in [0.05, 0.1) is 0 Å². The molecule has 0 spiro atoms. The number of rotatable bonds is 66. The van der Waals surface area contributed by atoms with Crippen LogP contribution in [0.5, 0.6) is 0 Å². The third-order valence-corrected chi connectivity index (χ3v) is 15.9. The lowest BCUT2D eigenvalue weighted by Gasteiger charge is -2.18. The van der Waals surface area contributed by atoms with Gasteiger partial charge in [-0.05, 0) is 89.9 Å². The summed E-state index contributed by atoms with van der Waals surface area (Å²) in [6.45, 7) is 6.54. The molecule has 0 saturated heterocycles. The maximum absolute atomic E-state index is 12.9. The quantitative estimate of drug-likeness (QED) is 0.0261. The van der Waals surface area contributed by atoms with Gasteiger partial charge in [0.2, 0.25) is 0 Å². The van der Waals surface area contributed by atoms with Crippen LogP contribution in [0.3, 0.4) is 0 Å². The second-order valence-corrected chi connectivity index (χ2v) is 24.1. The number of allylic oxidation sites excluding steroid dienone is 12. The molecule has 0 aliphatic rings. The van der Waals surface area contributed by atoms with Gasteiger partial charge in [-0.3, -0.25) is 14.4 Å². The van der Waals surface area contributed by atoms with Crippen molar-refractivity contribution >= 4 is 17.9 Å². The summed E-state index contributed by atoms with van der Waals surface area (Å²) in [5.74, 6) is -0.853. The Balaban J connectivity index is 4.05. The summed E-state index contributed by atoms with van der Waals surface area (Å²) < 4.78 is 16.9. The molecule has 1 unspecified atom stereocenters. The van der Waals surface area contributed by atoms with E-state index in [4.69, 9.17) is 14.2 Å². The summed E-state index contributed by atoms with van der Waals surface area (Å²) >= 11 is 0. The molecule has 0 aromatic heterocycles. The fourth-order valence-corrected chi connectivity index (χ4v) is 10.6. The molecule has 0 aliphatic heterocycles. The van der Waals surface area contributed by atoms with Crippen molar-refractivity contribution in [1.82, 2.24) is 0 Å². The highest BCUT2D eigenvalue weighted by Gasteiger charge is 2.19. The average Bonchev–Trinajstić information content (AvgIpc) is 3.48. The van der Waals surface area contributed by atoms with E-state index in [1.807, 2.05) is 0 Å². The summed E-state index contributed by atoms with van der Waals surface area (Å²) in [4.78, 5) is 38.3. The molecule has 0 bridgehead atoms. The first-order chi connectivity index (χ1) is 40.5. The number of carbonyl (C=O) groups is 3. The maximum atomic E-state index is 12.9. The minimum Gasteiger partial charge on any atom is -0.462 e. The second kappa shape index (κ2) is 70.3. The van der Waals surface area contributed by atoms with Crippen molar-refractivity contribution in [3.63, 3.8) is 0 Å². The highest BCUT2D eigenvalue weighted by molar-refractivity contribution is 5.71. The summed E-state index contributed by atoms with van der Waals surface area (Å²) in [5.41, 5.74) is 0. The Labute approximate surface area is 510 Å². The Morgan fingerprint density at radius 3 is 0.768 bits per heavy atom. The van der Waals surface area contributed by atoms with Gasteiger partial charge in [-0.15, -0.1) is 0 Å². The smallest absolute Gasteiger partial charge is 0.306 e. The van der Waals surface area contributed by atoms with Gasteiger partial charge < -0.3 is 14.2 Å². The van der Waals surface area contributed by atoms with E-state index in [2.05, 4.69) is 93.7 Å². The van der Waals surface area contributed by atoms with E-state index in [1.54, 1.807) is 0 Å². The van der Waals surface area contributed by atoms with E-state index in [-0.39, 0.29) is 31.1 Å². The Kier molecular flexibility index (Phi) is 67.6. The monoisotopic (exact) mass is 1150 g/mol. The zero-order valence-corrected chi connectivity index (χ0v) is 54.8. The standard InChI is InChI=1S/C76H136O6/c1-4-7-10-13-16-19-22-24-26-28-30-31-32-33-34-35-36-37-38-39-40-41-42-43-44-45-47-48-50-52-54-57-60-63-66-69-75(78)81-72-73(71-80-74(77)68-65-62-59-56-21-18-15-12-9-6-3)82-76(79)70-67-64-61-58-55-53-51-49-46-29-27-25-23-20-17-14-11-8-5-2/h7,10,16-17,19-20,24-27,30-31,73H,4-6,8-9,11-15,18,21-23,28-29,32-72H2,1-3H3/b10-7-,19-16-,20-17-,26-24-,27-25-,31-30-. The molecule has 82 heavy (non-hydrogen) atoms. The van der Waals surface area contributed by atoms with Gasteiger partial charge in [0.1, 0.15) is 13.2 Å². The predicted octanol–water partition coefficient (Wildman–Crippen LogP) is 24.8. The van der Waals surface area contributed by atoms with Crippen LogP contribution in [0.25, 0.3) is 0 Å². The first kappa shape index (κ1) is 78.8. The zero-order chi connectivity index (χ0) is 59.2. The number of unbranched alkanes of at least 4 members (excludes halogenated alkanes) is 43. The Hall–Kier alpha value is -3.15. The van der Waals surface area contributed by atoms with Crippen molar-refractivity contribution in [2.24, 2.45) is 0 Å². The van der Waals surface area contributed by atoms with Gasteiger partial charge in [0.15, 0.2) is 6.10 Å². The van der Waals surface area contributed by atoms with Gasteiger partial charge >= 0.3 is 17.9 Å². The minimum absolute atomic E-state index is 0.0706. The van der Waals surface area contributed by atoms with Crippen LogP contribution in [-0.2, 0) is 28.6 Å². The highest BCUT2D eigenvalue weighted by Crippen LogP contribution is 2.18. The molecular weight excluding hydrogens is 1010 g/mol. The Morgan fingerprint density at radius 2 is 0.476 bits per heavy atom. The molecule has 0 saturated carbocycles. The number of carbonyl (C=O) groups excluding carboxylic acids is 3. The predicted molar refractivity (Wildman–Crippen MR) is 358 cm³/mol. The molecule has 6 heteroatoms. The lowest BCUT2D eigenvalue weighted by Crippen LogP contribution is -2.30. The first-order valence-electron chi connectivity index (χ1n) is 35.9. The summed E-state index contributed by atoms with van der Waals surface area (Å²) in [7, 11) is 0. The van der Waals surface area contributed by atoms with Gasteiger partial charge in [-0.1, -0.05) is 338 Å². The molecule has 0 fully saturated rings. The van der Waals surface area contributed by atoms with Crippen molar-refractivity contribution in [3.8, 4) is 0 Å². The number of ether oxygens (including phenoxy) is 3. The number of esters is 3. The first-order valence-corrected chi connectivity index (χ1v) is 35.9. The zero-order valence-electron chi connectivity index (χ0n) is 54.8. The van der Waals surface area contributed by atoms with Gasteiger partial charge in [0.25, 0.3) is 0 Å². The normalized spacial score (nSPS) is 12.5. The summed E-state index contributed by atoms with van der Waals surface area (Å²) in [6, 6.07) is 0. The number of hydrogen-bond donors (Lipinski definition) is 0. The molecule has 0 aliphatic carbocycles. The number of hydrogen-bond acceptors (Lipinski definition) is 6. The van der Waals surface area contributed by atoms with Crippen LogP contribution in [0.1, 0.15) is 374 Å². The summed E-state index contributed by atoms with van der Waals surface area (Å²) in [5, 5.41) is 0. The van der Waals surface area contributed by atoms with Crippen LogP contribution in [-0.4, -0.2) is 37.2 Å². The lowest BCUT2D eigenvalue weighted by atomic mass is 10.0. The third-order valence-electron chi connectivity index (χ3n) is 15.9. The van der Waals surface area contributed by atoms with Crippen molar-refractivity contribution in [3.05, 3.63) is 72.9 Å². The average molecular weight is 1150 g/mol. The molecule has 1 atom stereocenters. The SMILES string of the molecule is CC/C=C\C/C=C\C/C=C\C/C=C\CCCCCCCCCCCCCCCCCCCCCCCCC(=O)OCC(COC(=O)CCCCCCCCCCCC)OC(=O)CCCCCCCCCCC/C=C\C/C=C\CCCCC. The molecule has 476 valence electrons. The molecule has 0 N–H and O–H groups in total. The topological polar surface area (TPSA) is 78.9 Å². The molecular formula is C76H136O6. The van der Waals surface area contributed by atoms with Crippen molar-refractivity contribution in [1.29, 1.82) is 0 Å². The van der Waals surface area contributed by atoms with E-state index >= 15 is 0 Å². The minimum atomic E-state index is -0.773. The lowest BCUT2D eigenvalue weighted by molar-refractivity contribution is -0.167. The molecule has 0 aromatic rings. The molecule has 0 amide bonds. The second-order valence-electron chi connectivity index (χ2n) is 24.1.